The highest BCUT2D eigenvalue weighted by molar-refractivity contribution is 7.12. The molecule has 0 aliphatic rings. The van der Waals surface area contributed by atoms with Crippen molar-refractivity contribution in [1.29, 1.82) is 0 Å². The zero-order chi connectivity index (χ0) is 18.0. The van der Waals surface area contributed by atoms with Crippen molar-refractivity contribution in [2.75, 3.05) is 7.05 Å². The maximum absolute atomic E-state index is 12.5. The summed E-state index contributed by atoms with van der Waals surface area (Å²) < 4.78 is 2.09. The molecule has 5 nitrogen and oxygen atoms in total. The van der Waals surface area contributed by atoms with Crippen molar-refractivity contribution in [2.45, 2.75) is 26.8 Å². The van der Waals surface area contributed by atoms with Crippen LogP contribution in [-0.2, 0) is 17.8 Å². The Morgan fingerprint density at radius 1 is 1.24 bits per heavy atom. The van der Waals surface area contributed by atoms with Crippen LogP contribution in [0.15, 0.2) is 41.8 Å². The molecule has 25 heavy (non-hydrogen) atoms. The number of phenolic OH excluding ortho intramolecular Hbond substituents is 1. The summed E-state index contributed by atoms with van der Waals surface area (Å²) in [6.45, 7) is 4.55. The van der Waals surface area contributed by atoms with E-state index in [9.17, 15) is 9.90 Å². The number of rotatable bonds is 5. The largest absolute Gasteiger partial charge is 0.508 e. The maximum atomic E-state index is 12.5. The first-order valence-electron chi connectivity index (χ1n) is 8.05. The number of phenols is 1. The minimum atomic E-state index is 0.00106. The van der Waals surface area contributed by atoms with E-state index in [1.165, 1.54) is 0 Å². The minimum Gasteiger partial charge on any atom is -0.508 e. The van der Waals surface area contributed by atoms with Gasteiger partial charge in [0.2, 0.25) is 5.91 Å². The molecule has 130 valence electrons. The molecule has 2 aromatic heterocycles. The van der Waals surface area contributed by atoms with Crippen molar-refractivity contribution in [3.05, 3.63) is 64.4 Å². The molecule has 3 rings (SSSR count). The summed E-state index contributed by atoms with van der Waals surface area (Å²) in [7, 11) is 1.76. The van der Waals surface area contributed by atoms with E-state index in [0.717, 1.165) is 27.8 Å². The lowest BCUT2D eigenvalue weighted by Crippen LogP contribution is -2.27. The van der Waals surface area contributed by atoms with E-state index in [1.54, 1.807) is 41.5 Å². The van der Waals surface area contributed by atoms with Gasteiger partial charge in [-0.25, -0.2) is 4.98 Å². The van der Waals surface area contributed by atoms with E-state index in [4.69, 9.17) is 0 Å². The normalized spacial score (nSPS) is 10.8. The van der Waals surface area contributed by atoms with Gasteiger partial charge < -0.3 is 10.0 Å². The quantitative estimate of drug-likeness (QED) is 0.762. The van der Waals surface area contributed by atoms with Crippen LogP contribution in [0.4, 0.5) is 0 Å². The lowest BCUT2D eigenvalue weighted by atomic mass is 10.2. The first-order valence-corrected chi connectivity index (χ1v) is 8.93. The number of hydrogen-bond acceptors (Lipinski definition) is 4. The molecular formula is C19H21N3O2S. The van der Waals surface area contributed by atoms with E-state index in [-0.39, 0.29) is 18.1 Å². The number of benzene rings is 1. The van der Waals surface area contributed by atoms with Crippen molar-refractivity contribution in [3.63, 3.8) is 0 Å². The summed E-state index contributed by atoms with van der Waals surface area (Å²) in [4.78, 5) is 18.7. The molecule has 0 radical (unpaired) electrons. The monoisotopic (exact) mass is 355 g/mol. The molecule has 1 aromatic carbocycles. The Morgan fingerprint density at radius 2 is 1.96 bits per heavy atom. The van der Waals surface area contributed by atoms with Crippen LogP contribution in [0.3, 0.4) is 0 Å². The molecule has 1 N–H and O–H groups in total. The maximum Gasteiger partial charge on any atom is 0.228 e. The van der Waals surface area contributed by atoms with Crippen molar-refractivity contribution in [2.24, 2.45) is 0 Å². The summed E-state index contributed by atoms with van der Waals surface area (Å²) in [5, 5.41) is 12.3. The second kappa shape index (κ2) is 7.11. The number of nitrogens with zero attached hydrogens (tertiary/aromatic N) is 3. The molecule has 3 aromatic rings. The molecular weight excluding hydrogens is 334 g/mol. The van der Waals surface area contributed by atoms with Crippen LogP contribution in [0.2, 0.25) is 0 Å². The van der Waals surface area contributed by atoms with Gasteiger partial charge in [-0.15, -0.1) is 11.3 Å². The Bertz CT molecular complexity index is 878. The number of carbonyl (C=O) groups excluding carboxylic acids is 1. The van der Waals surface area contributed by atoms with Crippen LogP contribution < -0.4 is 0 Å². The second-order valence-electron chi connectivity index (χ2n) is 6.17. The third-order valence-corrected chi connectivity index (χ3v) is 4.97. The van der Waals surface area contributed by atoms with Crippen LogP contribution in [-0.4, -0.2) is 32.5 Å². The molecule has 0 atom stereocenters. The van der Waals surface area contributed by atoms with Gasteiger partial charge in [-0.3, -0.25) is 9.36 Å². The van der Waals surface area contributed by atoms with Crippen LogP contribution in [0.5, 0.6) is 5.75 Å². The number of aromatic nitrogens is 2. The summed E-state index contributed by atoms with van der Waals surface area (Å²) in [5.74, 6) is 0.209. The van der Waals surface area contributed by atoms with Crippen LogP contribution in [0.25, 0.3) is 5.13 Å². The Morgan fingerprint density at radius 3 is 2.64 bits per heavy atom. The van der Waals surface area contributed by atoms with Crippen LogP contribution >= 0.6 is 11.3 Å². The lowest BCUT2D eigenvalue weighted by Gasteiger charge is -2.16. The predicted molar refractivity (Wildman–Crippen MR) is 99.2 cm³/mol. The Hall–Kier alpha value is -2.60. The molecule has 0 aliphatic heterocycles. The first-order chi connectivity index (χ1) is 11.9. The first kappa shape index (κ1) is 17.2. The molecule has 0 fully saturated rings. The number of amides is 1. The minimum absolute atomic E-state index is 0.00106. The Balaban J connectivity index is 1.67. The smallest absolute Gasteiger partial charge is 0.228 e. The SMILES string of the molecule is Cc1ccc(C)n1-c1nc(CC(=O)N(C)Cc2cccc(O)c2)cs1. The van der Waals surface area contributed by atoms with Gasteiger partial charge in [0.05, 0.1) is 12.1 Å². The highest BCUT2D eigenvalue weighted by atomic mass is 32.1. The fourth-order valence-electron chi connectivity index (χ4n) is 2.76. The van der Waals surface area contributed by atoms with Gasteiger partial charge in [-0.1, -0.05) is 12.1 Å². The molecule has 6 heteroatoms. The summed E-state index contributed by atoms with van der Waals surface area (Å²) in [5.41, 5.74) is 3.94. The number of carbonyl (C=O) groups is 1. The molecule has 0 aliphatic carbocycles. The van der Waals surface area contributed by atoms with E-state index in [2.05, 4.69) is 21.7 Å². The second-order valence-corrected chi connectivity index (χ2v) is 7.01. The molecule has 0 saturated heterocycles. The van der Waals surface area contributed by atoms with Gasteiger partial charge in [0.25, 0.3) is 0 Å². The van der Waals surface area contributed by atoms with Gasteiger partial charge in [0, 0.05) is 30.4 Å². The van der Waals surface area contributed by atoms with E-state index in [0.29, 0.717) is 6.54 Å². The molecule has 0 saturated carbocycles. The fourth-order valence-corrected chi connectivity index (χ4v) is 3.70. The average Bonchev–Trinajstić information content (AvgIpc) is 3.13. The molecule has 0 spiro atoms. The van der Waals surface area contributed by atoms with Crippen LogP contribution in [0, 0.1) is 13.8 Å². The zero-order valence-corrected chi connectivity index (χ0v) is 15.4. The topological polar surface area (TPSA) is 58.4 Å². The third kappa shape index (κ3) is 3.91. The summed E-state index contributed by atoms with van der Waals surface area (Å²) in [6.07, 6.45) is 0.269. The van der Waals surface area contributed by atoms with Crippen molar-refractivity contribution >= 4 is 17.2 Å². The van der Waals surface area contributed by atoms with Gasteiger partial charge in [-0.2, -0.15) is 0 Å². The number of aryl methyl sites for hydroxylation is 2. The molecule has 0 unspecified atom stereocenters. The number of likely N-dealkylation sites (N-methyl/N-ethyl adjacent to an activating group) is 1. The van der Waals surface area contributed by atoms with Crippen molar-refractivity contribution in [1.82, 2.24) is 14.5 Å². The third-order valence-electron chi connectivity index (χ3n) is 4.09. The van der Waals surface area contributed by atoms with E-state index in [1.807, 2.05) is 25.3 Å². The predicted octanol–water partition coefficient (Wildman–Crippen LogP) is 3.46. The van der Waals surface area contributed by atoms with Crippen LogP contribution in [0.1, 0.15) is 22.6 Å². The lowest BCUT2D eigenvalue weighted by molar-refractivity contribution is -0.129. The van der Waals surface area contributed by atoms with E-state index >= 15 is 0 Å². The van der Waals surface area contributed by atoms with Crippen molar-refractivity contribution in [3.8, 4) is 10.9 Å². The zero-order valence-electron chi connectivity index (χ0n) is 14.6. The van der Waals surface area contributed by atoms with Gasteiger partial charge >= 0.3 is 0 Å². The number of hydrogen-bond donors (Lipinski definition) is 1. The number of thiazole rings is 1. The number of aromatic hydroxyl groups is 1. The fraction of sp³-hybridized carbons (Fsp3) is 0.263. The highest BCUT2D eigenvalue weighted by Crippen LogP contribution is 2.21. The summed E-state index contributed by atoms with van der Waals surface area (Å²) >= 11 is 1.54. The molecule has 2 heterocycles. The average molecular weight is 355 g/mol. The van der Waals surface area contributed by atoms with Gasteiger partial charge in [0.15, 0.2) is 5.13 Å². The van der Waals surface area contributed by atoms with E-state index < -0.39 is 0 Å². The summed E-state index contributed by atoms with van der Waals surface area (Å²) in [6, 6.07) is 11.1. The van der Waals surface area contributed by atoms with Gasteiger partial charge in [-0.05, 0) is 43.7 Å². The molecule has 0 bridgehead atoms. The Kier molecular flexibility index (Phi) is 4.90. The Labute approximate surface area is 151 Å². The highest BCUT2D eigenvalue weighted by Gasteiger charge is 2.14. The van der Waals surface area contributed by atoms with Gasteiger partial charge in [0.1, 0.15) is 5.75 Å². The molecule has 1 amide bonds. The van der Waals surface area contributed by atoms with Crippen molar-refractivity contribution < 1.29 is 9.90 Å². The standard InChI is InChI=1S/C19H21N3O2S/c1-13-7-8-14(2)22(13)19-20-16(12-25-19)10-18(24)21(3)11-15-5-4-6-17(23)9-15/h4-9,12,23H,10-11H2,1-3H3.